The van der Waals surface area contributed by atoms with Crippen LogP contribution < -0.4 is 5.32 Å². The third kappa shape index (κ3) is 5.36. The number of aliphatic imine (C=N–C) groups is 1. The van der Waals surface area contributed by atoms with Gasteiger partial charge in [-0.25, -0.2) is 15.0 Å². The van der Waals surface area contributed by atoms with E-state index in [0.29, 0.717) is 55.9 Å². The van der Waals surface area contributed by atoms with Crippen molar-refractivity contribution >= 4 is 17.6 Å². The summed E-state index contributed by atoms with van der Waals surface area (Å²) < 4.78 is 46.9. The Morgan fingerprint density at radius 3 is 2.88 bits per heavy atom. The van der Waals surface area contributed by atoms with Crippen LogP contribution >= 0.6 is 0 Å². The van der Waals surface area contributed by atoms with Crippen LogP contribution in [0, 0.1) is 0 Å². The number of nitrogens with zero attached hydrogens (tertiary/aromatic N) is 4. The number of aromatic nitrogens is 2. The average molecular weight is 477 g/mol. The summed E-state index contributed by atoms with van der Waals surface area (Å²) >= 11 is 0. The predicted octanol–water partition coefficient (Wildman–Crippen LogP) is 3.42. The van der Waals surface area contributed by atoms with Gasteiger partial charge in [-0.15, -0.1) is 0 Å². The molecular weight excluding hydrogens is 451 g/mol. The number of rotatable bonds is 6. The lowest BCUT2D eigenvalue weighted by atomic mass is 10.0. The van der Waals surface area contributed by atoms with Crippen molar-refractivity contribution in [2.75, 3.05) is 19.7 Å². The zero-order valence-corrected chi connectivity index (χ0v) is 18.7. The maximum Gasteiger partial charge on any atom is 0.420 e. The molecular formula is C23H26F3N5O3. The third-order valence-corrected chi connectivity index (χ3v) is 5.83. The molecule has 0 saturated heterocycles. The lowest BCUT2D eigenvalue weighted by molar-refractivity contribution is -0.137. The Kier molecular flexibility index (Phi) is 7.13. The number of furan rings is 1. The van der Waals surface area contributed by atoms with Crippen LogP contribution in [0.2, 0.25) is 0 Å². The summed E-state index contributed by atoms with van der Waals surface area (Å²) in [5.74, 6) is 0.450. The number of amides is 1. The zero-order valence-electron chi connectivity index (χ0n) is 18.7. The SMILES string of the molecule is CCC(=O)N1CCc2oc(-c3nc(N=C4C=CC(NCCO)CC4)ncc3C(F)(F)F)cc2C1. The first-order valence-corrected chi connectivity index (χ1v) is 11.2. The van der Waals surface area contributed by atoms with Crippen molar-refractivity contribution in [2.45, 2.75) is 51.4 Å². The molecule has 2 aromatic rings. The van der Waals surface area contributed by atoms with Gasteiger partial charge in [-0.2, -0.15) is 13.2 Å². The Bertz CT molecular complexity index is 1110. The van der Waals surface area contributed by atoms with Crippen LogP contribution in [0.25, 0.3) is 11.5 Å². The van der Waals surface area contributed by atoms with E-state index in [9.17, 15) is 18.0 Å². The number of aliphatic hydroxyl groups is 1. The summed E-state index contributed by atoms with van der Waals surface area (Å²) in [6, 6.07) is 1.63. The van der Waals surface area contributed by atoms with E-state index in [1.807, 2.05) is 6.08 Å². The van der Waals surface area contributed by atoms with Gasteiger partial charge < -0.3 is 19.7 Å². The van der Waals surface area contributed by atoms with E-state index in [4.69, 9.17) is 9.52 Å². The van der Waals surface area contributed by atoms with Crippen molar-refractivity contribution in [1.82, 2.24) is 20.2 Å². The van der Waals surface area contributed by atoms with Crippen molar-refractivity contribution in [3.63, 3.8) is 0 Å². The molecule has 0 spiro atoms. The van der Waals surface area contributed by atoms with Gasteiger partial charge in [0, 0.05) is 56.0 Å². The Morgan fingerprint density at radius 1 is 1.38 bits per heavy atom. The number of hydrogen-bond donors (Lipinski definition) is 2. The molecule has 1 aliphatic carbocycles. The molecule has 0 fully saturated rings. The zero-order chi connectivity index (χ0) is 24.3. The summed E-state index contributed by atoms with van der Waals surface area (Å²) in [5, 5.41) is 12.1. The number of carbonyl (C=O) groups is 1. The molecule has 0 saturated carbocycles. The van der Waals surface area contributed by atoms with Gasteiger partial charge in [0.1, 0.15) is 17.0 Å². The maximum absolute atomic E-state index is 13.7. The van der Waals surface area contributed by atoms with E-state index < -0.39 is 11.7 Å². The second-order valence-corrected chi connectivity index (χ2v) is 8.19. The van der Waals surface area contributed by atoms with Crippen LogP contribution in [-0.2, 0) is 23.9 Å². The molecule has 2 N–H and O–H groups in total. The Hall–Kier alpha value is -3.05. The average Bonchev–Trinajstić information content (AvgIpc) is 3.26. The lowest BCUT2D eigenvalue weighted by Gasteiger charge is -2.25. The fourth-order valence-corrected chi connectivity index (χ4v) is 4.06. The minimum atomic E-state index is -4.67. The van der Waals surface area contributed by atoms with E-state index in [1.165, 1.54) is 6.07 Å². The summed E-state index contributed by atoms with van der Waals surface area (Å²) in [7, 11) is 0. The quantitative estimate of drug-likeness (QED) is 0.661. The molecule has 4 rings (SSSR count). The summed E-state index contributed by atoms with van der Waals surface area (Å²) in [5.41, 5.74) is -0.0390. The topological polar surface area (TPSA) is 104 Å². The van der Waals surface area contributed by atoms with Gasteiger partial charge >= 0.3 is 6.18 Å². The van der Waals surface area contributed by atoms with Crippen LogP contribution in [-0.4, -0.2) is 57.3 Å². The summed E-state index contributed by atoms with van der Waals surface area (Å²) in [4.78, 5) is 26.0. The van der Waals surface area contributed by atoms with Gasteiger partial charge in [-0.1, -0.05) is 13.0 Å². The van der Waals surface area contributed by atoms with Crippen LogP contribution in [0.1, 0.15) is 43.1 Å². The van der Waals surface area contributed by atoms with Gasteiger partial charge in [0.2, 0.25) is 11.9 Å². The van der Waals surface area contributed by atoms with Crippen molar-refractivity contribution in [2.24, 2.45) is 4.99 Å². The Labute approximate surface area is 194 Å². The molecule has 0 bridgehead atoms. The molecule has 1 atom stereocenters. The number of alkyl halides is 3. The molecule has 1 unspecified atom stereocenters. The monoisotopic (exact) mass is 477 g/mol. The molecule has 11 heteroatoms. The second kappa shape index (κ2) is 10.1. The van der Waals surface area contributed by atoms with E-state index in [0.717, 1.165) is 12.6 Å². The van der Waals surface area contributed by atoms with Crippen LogP contribution in [0.15, 0.2) is 33.8 Å². The molecule has 1 amide bonds. The van der Waals surface area contributed by atoms with Crippen molar-refractivity contribution in [1.29, 1.82) is 0 Å². The van der Waals surface area contributed by atoms with E-state index in [2.05, 4.69) is 20.3 Å². The van der Waals surface area contributed by atoms with Crippen LogP contribution in [0.3, 0.4) is 0 Å². The standard InChI is InChI=1S/C23H26F3N5O3/c1-2-20(33)31-9-7-18-14(13-31)11-19(34-18)21-17(23(24,25)26)12-28-22(30-21)29-16-5-3-15(4-6-16)27-8-10-32/h3,5,11-12,15,27,32H,2,4,6-10,13H2,1H3. The van der Waals surface area contributed by atoms with E-state index in [-0.39, 0.29) is 36.0 Å². The molecule has 2 aliphatic rings. The van der Waals surface area contributed by atoms with Gasteiger partial charge in [0.05, 0.1) is 6.61 Å². The number of halogens is 3. The third-order valence-electron chi connectivity index (χ3n) is 5.83. The molecule has 0 aromatic carbocycles. The molecule has 0 radical (unpaired) electrons. The Balaban J connectivity index is 1.64. The van der Waals surface area contributed by atoms with E-state index >= 15 is 0 Å². The summed E-state index contributed by atoms with van der Waals surface area (Å²) in [6.45, 7) is 3.04. The number of hydrogen-bond acceptors (Lipinski definition) is 7. The normalized spacial score (nSPS) is 19.5. The largest absolute Gasteiger partial charge is 0.459 e. The highest BCUT2D eigenvalue weighted by atomic mass is 19.4. The smallest absolute Gasteiger partial charge is 0.420 e. The highest BCUT2D eigenvalue weighted by Gasteiger charge is 2.37. The Morgan fingerprint density at radius 2 is 2.21 bits per heavy atom. The number of aliphatic hydroxyl groups excluding tert-OH is 1. The van der Waals surface area contributed by atoms with Gasteiger partial charge in [0.15, 0.2) is 5.76 Å². The number of fused-ring (bicyclic) bond motifs is 1. The van der Waals surface area contributed by atoms with Crippen LogP contribution in [0.4, 0.5) is 19.1 Å². The van der Waals surface area contributed by atoms with Gasteiger partial charge in [-0.3, -0.25) is 4.79 Å². The minimum absolute atomic E-state index is 0.0144. The number of carbonyl (C=O) groups excluding carboxylic acids is 1. The molecule has 3 heterocycles. The first kappa shape index (κ1) is 24.1. The predicted molar refractivity (Wildman–Crippen MR) is 118 cm³/mol. The highest BCUT2D eigenvalue weighted by Crippen LogP contribution is 2.38. The van der Waals surface area contributed by atoms with Crippen molar-refractivity contribution < 1.29 is 27.5 Å². The molecule has 2 aromatic heterocycles. The number of allylic oxidation sites excluding steroid dienone is 1. The molecule has 8 nitrogen and oxygen atoms in total. The van der Waals surface area contributed by atoms with Crippen molar-refractivity contribution in [3.8, 4) is 11.5 Å². The first-order chi connectivity index (χ1) is 16.3. The van der Waals surface area contributed by atoms with E-state index in [1.54, 1.807) is 17.9 Å². The summed E-state index contributed by atoms with van der Waals surface area (Å²) in [6.07, 6.45) is 1.86. The minimum Gasteiger partial charge on any atom is -0.459 e. The molecule has 1 aliphatic heterocycles. The molecule has 182 valence electrons. The molecule has 34 heavy (non-hydrogen) atoms. The highest BCUT2D eigenvalue weighted by molar-refractivity contribution is 5.97. The van der Waals surface area contributed by atoms with Gasteiger partial charge in [0.25, 0.3) is 0 Å². The number of nitrogens with one attached hydrogen (secondary N) is 1. The fourth-order valence-electron chi connectivity index (χ4n) is 4.06. The maximum atomic E-state index is 13.7. The second-order valence-electron chi connectivity index (χ2n) is 8.19. The van der Waals surface area contributed by atoms with Gasteiger partial charge in [-0.05, 0) is 25.0 Å². The fraction of sp³-hybridized carbons (Fsp3) is 0.478. The van der Waals surface area contributed by atoms with Crippen LogP contribution in [0.5, 0.6) is 0 Å². The first-order valence-electron chi connectivity index (χ1n) is 11.2. The van der Waals surface area contributed by atoms with Crippen molar-refractivity contribution in [3.05, 3.63) is 41.3 Å². The lowest BCUT2D eigenvalue weighted by Crippen LogP contribution is -2.34.